The SMILES string of the molecule is C1=CC2=CC=CC(=C(c3ccccc3)c3cccc4ccccc34)[C+]2C=C1.[Cl-].[Cl][Sb]([Cl])([Cl])([Cl])[Cl]. The molecule has 0 radical (unpaired) electrons. The minimum atomic E-state index is -4.33. The van der Waals surface area contributed by atoms with Gasteiger partial charge in [0, 0.05) is 41.0 Å². The van der Waals surface area contributed by atoms with E-state index in [4.69, 9.17) is 44.1 Å². The molecule has 0 unspecified atom stereocenters. The summed E-state index contributed by atoms with van der Waals surface area (Å²) < 4.78 is 0. The number of halogens is 6. The number of rotatable bonds is 2. The van der Waals surface area contributed by atoms with Crippen LogP contribution in [0.1, 0.15) is 11.1 Å². The second kappa shape index (κ2) is 11.4. The molecule has 0 nitrogen and oxygen atoms in total. The van der Waals surface area contributed by atoms with E-state index in [2.05, 4.69) is 115 Å². The molecule has 2 aliphatic rings. The summed E-state index contributed by atoms with van der Waals surface area (Å²) in [5.41, 5.74) is 6.34. The molecule has 0 saturated heterocycles. The Labute approximate surface area is 226 Å². The van der Waals surface area contributed by atoms with Gasteiger partial charge in [0.2, 0.25) is 0 Å². The van der Waals surface area contributed by atoms with Gasteiger partial charge in [0.15, 0.2) is 0 Å². The van der Waals surface area contributed by atoms with E-state index in [9.17, 15) is 0 Å². The Morgan fingerprint density at radius 2 is 1.32 bits per heavy atom. The van der Waals surface area contributed by atoms with E-state index in [1.54, 1.807) is 0 Å². The van der Waals surface area contributed by atoms with E-state index in [0.29, 0.717) is 0 Å². The van der Waals surface area contributed by atoms with Crippen molar-refractivity contribution in [2.24, 2.45) is 0 Å². The number of allylic oxidation sites excluding steroid dienone is 9. The molecule has 174 valence electrons. The number of benzene rings is 3. The average Bonchev–Trinajstić information content (AvgIpc) is 2.79. The molecule has 0 fully saturated rings. The first-order valence-electron chi connectivity index (χ1n) is 10.1. The summed E-state index contributed by atoms with van der Waals surface area (Å²) in [4.78, 5) is 0. The zero-order valence-corrected chi connectivity index (χ0v) is 24.8. The molecule has 34 heavy (non-hydrogen) atoms. The third-order valence-electron chi connectivity index (χ3n) is 5.18. The molecule has 0 aliphatic heterocycles. The fourth-order valence-corrected chi connectivity index (χ4v) is 3.95. The van der Waals surface area contributed by atoms with Crippen molar-refractivity contribution >= 4 is 72.2 Å². The minimum absolute atomic E-state index is 0. The van der Waals surface area contributed by atoms with Gasteiger partial charge in [0.05, 0.1) is 17.1 Å². The van der Waals surface area contributed by atoms with Crippen LogP contribution in [0.15, 0.2) is 126 Å². The van der Waals surface area contributed by atoms with Gasteiger partial charge in [-0.3, -0.25) is 0 Å². The van der Waals surface area contributed by atoms with Crippen molar-refractivity contribution in [2.45, 2.75) is 0 Å². The zero-order valence-electron chi connectivity index (χ0n) is 17.7. The van der Waals surface area contributed by atoms with Gasteiger partial charge in [-0.15, -0.1) is 0 Å². The van der Waals surface area contributed by atoms with E-state index < -0.39 is 11.7 Å². The van der Waals surface area contributed by atoms with E-state index in [-0.39, 0.29) is 12.4 Å². The normalized spacial score (nSPS) is 16.9. The van der Waals surface area contributed by atoms with Crippen LogP contribution in [-0.2, 0) is 0 Å². The third kappa shape index (κ3) is 7.52. The molecule has 0 saturated carbocycles. The molecule has 0 bridgehead atoms. The summed E-state index contributed by atoms with van der Waals surface area (Å²) in [5, 5.41) is 2.55. The topological polar surface area (TPSA) is 0 Å². The first kappa shape index (κ1) is 27.6. The second-order valence-electron chi connectivity index (χ2n) is 7.43. The molecule has 5 rings (SSSR count). The maximum absolute atomic E-state index is 5.05. The van der Waals surface area contributed by atoms with Crippen LogP contribution >= 0.6 is 44.1 Å². The van der Waals surface area contributed by atoms with E-state index in [1.165, 1.54) is 44.5 Å². The van der Waals surface area contributed by atoms with Crippen LogP contribution in [0, 0.1) is 5.92 Å². The fourth-order valence-electron chi connectivity index (χ4n) is 3.95. The summed E-state index contributed by atoms with van der Waals surface area (Å²) >= 11 is -4.33. The van der Waals surface area contributed by atoms with Crippen molar-refractivity contribution in [1.82, 2.24) is 0 Å². The van der Waals surface area contributed by atoms with E-state index in [0.717, 1.165) is 0 Å². The molecule has 0 spiro atoms. The monoisotopic (exact) mass is 674 g/mol. The van der Waals surface area contributed by atoms with Gasteiger partial charge >= 0.3 is 55.8 Å². The van der Waals surface area contributed by atoms with Gasteiger partial charge in [-0.1, -0.05) is 54.6 Å². The van der Waals surface area contributed by atoms with Crippen LogP contribution in [0.25, 0.3) is 16.3 Å². The Bertz CT molecular complexity index is 1300. The first-order valence-corrected chi connectivity index (χ1v) is 26.3. The van der Waals surface area contributed by atoms with Crippen LogP contribution in [0.5, 0.6) is 0 Å². The Kier molecular flexibility index (Phi) is 9.27. The quantitative estimate of drug-likeness (QED) is 0.205. The van der Waals surface area contributed by atoms with Crippen molar-refractivity contribution in [2.75, 3.05) is 0 Å². The number of hydrogen-bond acceptors (Lipinski definition) is 0. The third-order valence-corrected chi connectivity index (χ3v) is 5.18. The van der Waals surface area contributed by atoms with Crippen LogP contribution in [0.3, 0.4) is 0 Å². The predicted molar refractivity (Wildman–Crippen MR) is 150 cm³/mol. The van der Waals surface area contributed by atoms with Crippen molar-refractivity contribution in [3.8, 4) is 0 Å². The van der Waals surface area contributed by atoms with Crippen molar-refractivity contribution in [3.63, 3.8) is 0 Å². The van der Waals surface area contributed by atoms with Crippen LogP contribution in [-0.4, -0.2) is 11.7 Å². The van der Waals surface area contributed by atoms with E-state index in [1.807, 2.05) is 0 Å². The Hall–Kier alpha value is -0.952. The van der Waals surface area contributed by atoms with Crippen molar-refractivity contribution in [1.29, 1.82) is 0 Å². The fraction of sp³-hybridized carbons (Fsp3) is 0. The molecular formula is C27H19Cl6Sb. The second-order valence-corrected chi connectivity index (χ2v) is 45.4. The molecule has 0 atom stereocenters. The van der Waals surface area contributed by atoms with Crippen molar-refractivity contribution < 1.29 is 12.4 Å². The standard InChI is InChI=1S/C27H19.6ClH.Sb/c1-2-12-22(13-3-1)27(25-18-8-14-20-10-4-6-16-23(20)25)26-19-9-15-21-11-5-7-17-24(21)26;;;;;;;/h1-19H;6*1H;/q+1;;;;;;;+5/p-6. The van der Waals surface area contributed by atoms with Crippen LogP contribution in [0.4, 0.5) is 0 Å². The summed E-state index contributed by atoms with van der Waals surface area (Å²) in [7, 11) is 25.2. The van der Waals surface area contributed by atoms with Gasteiger partial charge in [-0.25, -0.2) is 0 Å². The first-order chi connectivity index (χ1) is 15.7. The summed E-state index contributed by atoms with van der Waals surface area (Å²) in [5.74, 6) is 1.28. The van der Waals surface area contributed by atoms with Crippen LogP contribution in [0.2, 0.25) is 0 Å². The molecule has 0 heterocycles. The zero-order chi connectivity index (χ0) is 23.5. The molecule has 0 N–H and O–H groups in total. The van der Waals surface area contributed by atoms with Gasteiger partial charge in [-0.2, -0.15) is 0 Å². The average molecular weight is 678 g/mol. The summed E-state index contributed by atoms with van der Waals surface area (Å²) in [6, 6.07) is 25.9. The van der Waals surface area contributed by atoms with Gasteiger partial charge < -0.3 is 12.4 Å². The van der Waals surface area contributed by atoms with Gasteiger partial charge in [-0.05, 0) is 47.2 Å². The van der Waals surface area contributed by atoms with Gasteiger partial charge in [0.25, 0.3) is 0 Å². The molecule has 2 aliphatic carbocycles. The molecule has 0 aromatic heterocycles. The Morgan fingerprint density at radius 1 is 0.676 bits per heavy atom. The molecule has 3 aromatic rings. The maximum atomic E-state index is 5.05. The van der Waals surface area contributed by atoms with E-state index >= 15 is 0 Å². The summed E-state index contributed by atoms with van der Waals surface area (Å²) in [6.07, 6.45) is 15.2. The number of hydrogen-bond donors (Lipinski definition) is 0. The van der Waals surface area contributed by atoms with Crippen LogP contribution < -0.4 is 12.4 Å². The Balaban J connectivity index is 0.000000415. The number of fused-ring (bicyclic) bond motifs is 2. The molecule has 3 aromatic carbocycles. The molecule has 7 heteroatoms. The molecular weight excluding hydrogens is 659 g/mol. The van der Waals surface area contributed by atoms with Gasteiger partial charge in [0.1, 0.15) is 0 Å². The van der Waals surface area contributed by atoms with Crippen molar-refractivity contribution in [3.05, 3.63) is 144 Å². The molecule has 0 amide bonds. The Morgan fingerprint density at radius 3 is 2.06 bits per heavy atom. The predicted octanol–water partition coefficient (Wildman–Crippen LogP) is 6.91. The summed E-state index contributed by atoms with van der Waals surface area (Å²) in [6.45, 7) is 0.